The Labute approximate surface area is 146 Å². The number of benzene rings is 1. The van der Waals surface area contributed by atoms with E-state index in [1.165, 1.54) is 22.9 Å². The average Bonchev–Trinajstić information content (AvgIpc) is 2.53. The number of thioether (sulfide) groups is 1. The smallest absolute Gasteiger partial charge is 0.196 e. The lowest BCUT2D eigenvalue weighted by atomic mass is 9.83. The molecule has 0 radical (unpaired) electrons. The van der Waals surface area contributed by atoms with E-state index in [0.29, 0.717) is 0 Å². The molecule has 1 nitrogen and oxygen atoms in total. The molecule has 0 aliphatic heterocycles. The zero-order valence-electron chi connectivity index (χ0n) is 15.3. The van der Waals surface area contributed by atoms with Crippen molar-refractivity contribution in [2.45, 2.75) is 54.4 Å². The Morgan fingerprint density at radius 1 is 1.09 bits per heavy atom. The standard InChI is InChI=1S/C21H30OS/c1-7-17(18-12-10-9-11-13-18)14-15-19(8-2)23-20(22)16(3)21(4,5)6/h9-16H,7-8H2,1-6H3/b17-14+,19-15+. The molecule has 1 aromatic rings. The van der Waals surface area contributed by atoms with Gasteiger partial charge in [0, 0.05) is 5.92 Å². The second-order valence-corrected chi connectivity index (χ2v) is 8.04. The number of carbonyl (C=O) groups is 1. The van der Waals surface area contributed by atoms with Gasteiger partial charge in [0.05, 0.1) is 0 Å². The van der Waals surface area contributed by atoms with E-state index in [-0.39, 0.29) is 16.4 Å². The maximum Gasteiger partial charge on any atom is 0.196 e. The number of carbonyl (C=O) groups excluding carboxylic acids is 1. The van der Waals surface area contributed by atoms with Crippen LogP contribution in [0.4, 0.5) is 0 Å². The predicted molar refractivity (Wildman–Crippen MR) is 104 cm³/mol. The highest BCUT2D eigenvalue weighted by molar-refractivity contribution is 8.16. The minimum atomic E-state index is 0.0113. The Morgan fingerprint density at radius 2 is 1.70 bits per heavy atom. The highest BCUT2D eigenvalue weighted by atomic mass is 32.2. The lowest BCUT2D eigenvalue weighted by Crippen LogP contribution is -2.23. The second-order valence-electron chi connectivity index (χ2n) is 6.91. The number of hydrogen-bond donors (Lipinski definition) is 0. The van der Waals surface area contributed by atoms with Crippen LogP contribution in [-0.4, -0.2) is 5.12 Å². The zero-order chi connectivity index (χ0) is 17.5. The Bertz CT molecular complexity index is 561. The van der Waals surface area contributed by atoms with E-state index in [4.69, 9.17) is 0 Å². The van der Waals surface area contributed by atoms with Crippen molar-refractivity contribution < 1.29 is 4.79 Å². The van der Waals surface area contributed by atoms with E-state index in [0.717, 1.165) is 17.7 Å². The molecule has 0 bridgehead atoms. The Kier molecular flexibility index (Phi) is 7.84. The lowest BCUT2D eigenvalue weighted by Gasteiger charge is -2.25. The van der Waals surface area contributed by atoms with Crippen LogP contribution < -0.4 is 0 Å². The number of hydrogen-bond acceptors (Lipinski definition) is 2. The summed E-state index contributed by atoms with van der Waals surface area (Å²) in [5.74, 6) is 0.0474. The van der Waals surface area contributed by atoms with Gasteiger partial charge in [0.2, 0.25) is 0 Å². The molecule has 2 heteroatoms. The normalized spacial score (nSPS) is 14.7. The molecule has 0 saturated carbocycles. The summed E-state index contributed by atoms with van der Waals surface area (Å²) in [7, 11) is 0. The highest BCUT2D eigenvalue weighted by Crippen LogP contribution is 2.33. The highest BCUT2D eigenvalue weighted by Gasteiger charge is 2.27. The fourth-order valence-corrected chi connectivity index (χ4v) is 3.13. The molecule has 0 heterocycles. The fourth-order valence-electron chi connectivity index (χ4n) is 2.06. The first-order valence-corrected chi connectivity index (χ1v) is 9.28. The molecule has 0 fully saturated rings. The summed E-state index contributed by atoms with van der Waals surface area (Å²) in [6.07, 6.45) is 6.14. The van der Waals surface area contributed by atoms with Crippen LogP contribution in [0, 0.1) is 11.3 Å². The van der Waals surface area contributed by atoms with Crippen molar-refractivity contribution >= 4 is 22.5 Å². The van der Waals surface area contributed by atoms with Crippen LogP contribution in [0.15, 0.2) is 47.4 Å². The molecule has 1 unspecified atom stereocenters. The van der Waals surface area contributed by atoms with Crippen LogP contribution in [0.2, 0.25) is 0 Å². The molecule has 0 aromatic heterocycles. The molecule has 0 spiro atoms. The van der Waals surface area contributed by atoms with E-state index < -0.39 is 0 Å². The summed E-state index contributed by atoms with van der Waals surface area (Å²) in [5, 5.41) is 0.261. The van der Waals surface area contributed by atoms with Gasteiger partial charge in [0.15, 0.2) is 5.12 Å². The second kappa shape index (κ2) is 9.12. The van der Waals surface area contributed by atoms with Crippen molar-refractivity contribution in [1.82, 2.24) is 0 Å². The predicted octanol–water partition coefficient (Wildman–Crippen LogP) is 6.72. The van der Waals surface area contributed by atoms with Crippen molar-refractivity contribution in [3.63, 3.8) is 0 Å². The first-order valence-electron chi connectivity index (χ1n) is 8.46. The van der Waals surface area contributed by atoms with Gasteiger partial charge in [0.25, 0.3) is 0 Å². The van der Waals surface area contributed by atoms with Gasteiger partial charge in [-0.2, -0.15) is 0 Å². The van der Waals surface area contributed by atoms with Gasteiger partial charge >= 0.3 is 0 Å². The first kappa shape index (κ1) is 19.8. The number of rotatable bonds is 6. The molecule has 0 saturated heterocycles. The summed E-state index contributed by atoms with van der Waals surface area (Å²) in [4.78, 5) is 13.6. The van der Waals surface area contributed by atoms with E-state index >= 15 is 0 Å². The summed E-state index contributed by atoms with van der Waals surface area (Å²) in [6, 6.07) is 10.4. The SMILES string of the molecule is CC/C(=C\C=C(/CC)c1ccccc1)SC(=O)C(C)C(C)(C)C. The Hall–Kier alpha value is -1.28. The van der Waals surface area contributed by atoms with Crippen LogP contribution in [0.25, 0.3) is 5.57 Å². The molecule has 1 aromatic carbocycles. The van der Waals surface area contributed by atoms with Crippen LogP contribution in [0.5, 0.6) is 0 Å². The average molecular weight is 331 g/mol. The molecule has 1 atom stereocenters. The van der Waals surface area contributed by atoms with E-state index in [9.17, 15) is 4.79 Å². The molecule has 0 aliphatic rings. The third-order valence-corrected chi connectivity index (χ3v) is 5.47. The Morgan fingerprint density at radius 3 is 2.17 bits per heavy atom. The van der Waals surface area contributed by atoms with Gasteiger partial charge in [-0.25, -0.2) is 0 Å². The van der Waals surface area contributed by atoms with E-state index in [2.05, 4.69) is 71.0 Å². The van der Waals surface area contributed by atoms with Gasteiger partial charge < -0.3 is 0 Å². The van der Waals surface area contributed by atoms with Gasteiger partial charge in [-0.1, -0.05) is 95.8 Å². The maximum absolute atomic E-state index is 12.4. The number of allylic oxidation sites excluding steroid dienone is 4. The molecule has 126 valence electrons. The van der Waals surface area contributed by atoms with Crippen molar-refractivity contribution in [2.24, 2.45) is 11.3 Å². The monoisotopic (exact) mass is 330 g/mol. The zero-order valence-corrected chi connectivity index (χ0v) is 16.2. The van der Waals surface area contributed by atoms with Crippen molar-refractivity contribution in [1.29, 1.82) is 0 Å². The summed E-state index contributed by atoms with van der Waals surface area (Å²) in [5.41, 5.74) is 2.56. The van der Waals surface area contributed by atoms with Gasteiger partial charge in [0.1, 0.15) is 0 Å². The van der Waals surface area contributed by atoms with Crippen LogP contribution in [0.1, 0.15) is 59.9 Å². The van der Waals surface area contributed by atoms with E-state index in [1.807, 2.05) is 13.0 Å². The Balaban J connectivity index is 2.90. The summed E-state index contributed by atoms with van der Waals surface area (Å²) >= 11 is 1.40. The minimum Gasteiger partial charge on any atom is -0.287 e. The molecular weight excluding hydrogens is 300 g/mol. The van der Waals surface area contributed by atoms with Crippen LogP contribution in [-0.2, 0) is 4.79 Å². The largest absolute Gasteiger partial charge is 0.287 e. The molecular formula is C21H30OS. The minimum absolute atomic E-state index is 0.0113. The van der Waals surface area contributed by atoms with Crippen LogP contribution in [0.3, 0.4) is 0 Å². The van der Waals surface area contributed by atoms with Crippen molar-refractivity contribution in [2.75, 3.05) is 0 Å². The maximum atomic E-state index is 12.4. The van der Waals surface area contributed by atoms with Gasteiger partial charge in [-0.3, -0.25) is 4.79 Å². The quantitative estimate of drug-likeness (QED) is 0.539. The van der Waals surface area contributed by atoms with Crippen molar-refractivity contribution in [3.05, 3.63) is 53.0 Å². The topological polar surface area (TPSA) is 17.1 Å². The summed E-state index contributed by atoms with van der Waals surface area (Å²) < 4.78 is 0. The first-order chi connectivity index (χ1) is 10.8. The molecule has 23 heavy (non-hydrogen) atoms. The fraction of sp³-hybridized carbons (Fsp3) is 0.476. The molecule has 0 aliphatic carbocycles. The van der Waals surface area contributed by atoms with Gasteiger partial charge in [-0.05, 0) is 34.3 Å². The van der Waals surface area contributed by atoms with E-state index in [1.54, 1.807) is 0 Å². The third kappa shape index (κ3) is 6.39. The summed E-state index contributed by atoms with van der Waals surface area (Å²) in [6.45, 7) is 12.7. The third-order valence-electron chi connectivity index (χ3n) is 4.23. The molecule has 0 amide bonds. The van der Waals surface area contributed by atoms with Gasteiger partial charge in [-0.15, -0.1) is 0 Å². The molecule has 0 N–H and O–H groups in total. The van der Waals surface area contributed by atoms with Crippen LogP contribution >= 0.6 is 11.8 Å². The van der Waals surface area contributed by atoms with Crippen molar-refractivity contribution in [3.8, 4) is 0 Å². The molecule has 1 rings (SSSR count). The lowest BCUT2D eigenvalue weighted by molar-refractivity contribution is -0.116.